The quantitative estimate of drug-likeness (QED) is 0.791. The standard InChI is InChI=1S/C15H20N2S/c1-12(10-14-6-4-3-5-7-14)17-9-8-15(11-17)13(2)16-18/h3-7,15-16,18H,1-2,8-11H2. The van der Waals surface area contributed by atoms with Crippen molar-refractivity contribution in [2.75, 3.05) is 13.1 Å². The Kier molecular flexibility index (Phi) is 4.37. The van der Waals surface area contributed by atoms with Crippen LogP contribution in [0, 0.1) is 5.92 Å². The fourth-order valence-electron chi connectivity index (χ4n) is 2.37. The molecule has 2 nitrogen and oxygen atoms in total. The van der Waals surface area contributed by atoms with Gasteiger partial charge in [-0.25, -0.2) is 0 Å². The molecule has 0 amide bonds. The van der Waals surface area contributed by atoms with Crippen molar-refractivity contribution >= 4 is 12.8 Å². The van der Waals surface area contributed by atoms with Crippen molar-refractivity contribution in [2.24, 2.45) is 5.92 Å². The van der Waals surface area contributed by atoms with Crippen molar-refractivity contribution in [1.82, 2.24) is 9.62 Å². The second kappa shape index (κ2) is 6.01. The van der Waals surface area contributed by atoms with Crippen LogP contribution in [0.2, 0.25) is 0 Å². The first-order valence-electron chi connectivity index (χ1n) is 6.26. The molecule has 1 atom stereocenters. The van der Waals surface area contributed by atoms with Gasteiger partial charge in [0, 0.05) is 36.8 Å². The fraction of sp³-hybridized carbons (Fsp3) is 0.333. The van der Waals surface area contributed by atoms with Gasteiger partial charge in [-0.15, -0.1) is 0 Å². The molecule has 1 unspecified atom stereocenters. The minimum Gasteiger partial charge on any atom is -0.374 e. The summed E-state index contributed by atoms with van der Waals surface area (Å²) < 4.78 is 2.86. The monoisotopic (exact) mass is 260 g/mol. The van der Waals surface area contributed by atoms with Crippen LogP contribution in [0.1, 0.15) is 12.0 Å². The molecule has 0 aliphatic carbocycles. The number of likely N-dealkylation sites (tertiary alicyclic amines) is 1. The van der Waals surface area contributed by atoms with Gasteiger partial charge >= 0.3 is 0 Å². The first kappa shape index (κ1) is 13.1. The Balaban J connectivity index is 1.90. The van der Waals surface area contributed by atoms with Crippen molar-refractivity contribution in [3.63, 3.8) is 0 Å². The van der Waals surface area contributed by atoms with Crippen LogP contribution in [0.3, 0.4) is 0 Å². The van der Waals surface area contributed by atoms with Crippen molar-refractivity contribution in [3.05, 3.63) is 60.4 Å². The number of allylic oxidation sites excluding steroid dienone is 1. The summed E-state index contributed by atoms with van der Waals surface area (Å²) in [7, 11) is 0. The third kappa shape index (κ3) is 3.10. The highest BCUT2D eigenvalue weighted by Crippen LogP contribution is 2.25. The predicted octanol–water partition coefficient (Wildman–Crippen LogP) is 3.01. The SMILES string of the molecule is C=C(NS)C1CCN(C(=C)Cc2ccccc2)C1. The van der Waals surface area contributed by atoms with Crippen LogP contribution < -0.4 is 4.72 Å². The third-order valence-electron chi connectivity index (χ3n) is 3.52. The summed E-state index contributed by atoms with van der Waals surface area (Å²) in [6.45, 7) is 10.3. The van der Waals surface area contributed by atoms with Crippen LogP contribution in [0.25, 0.3) is 0 Å². The molecule has 1 aliphatic heterocycles. The number of hydrogen-bond acceptors (Lipinski definition) is 3. The van der Waals surface area contributed by atoms with Gasteiger partial charge in [-0.05, 0) is 12.0 Å². The van der Waals surface area contributed by atoms with Crippen LogP contribution in [-0.4, -0.2) is 18.0 Å². The van der Waals surface area contributed by atoms with Gasteiger partial charge in [0.1, 0.15) is 0 Å². The maximum absolute atomic E-state index is 4.21. The van der Waals surface area contributed by atoms with Gasteiger partial charge in [-0.3, -0.25) is 0 Å². The number of benzene rings is 1. The molecule has 96 valence electrons. The first-order valence-corrected chi connectivity index (χ1v) is 6.71. The van der Waals surface area contributed by atoms with Gasteiger partial charge in [-0.1, -0.05) is 56.3 Å². The van der Waals surface area contributed by atoms with Crippen LogP contribution in [-0.2, 0) is 6.42 Å². The molecule has 1 aliphatic rings. The zero-order valence-electron chi connectivity index (χ0n) is 10.6. The van der Waals surface area contributed by atoms with Gasteiger partial charge in [0.25, 0.3) is 0 Å². The van der Waals surface area contributed by atoms with Crippen LogP contribution in [0.5, 0.6) is 0 Å². The molecule has 3 heteroatoms. The molecular weight excluding hydrogens is 240 g/mol. The highest BCUT2D eigenvalue weighted by atomic mass is 32.1. The maximum Gasteiger partial charge on any atom is 0.0258 e. The number of hydrogen-bond donors (Lipinski definition) is 2. The van der Waals surface area contributed by atoms with E-state index in [1.54, 1.807) is 0 Å². The Labute approximate surface area is 115 Å². The summed E-state index contributed by atoms with van der Waals surface area (Å²) in [5.41, 5.74) is 3.51. The minimum absolute atomic E-state index is 0.482. The molecule has 1 fully saturated rings. The topological polar surface area (TPSA) is 15.3 Å². The number of nitrogens with zero attached hydrogens (tertiary/aromatic N) is 1. The Hall–Kier alpha value is -1.35. The van der Waals surface area contributed by atoms with E-state index in [2.05, 4.69) is 59.9 Å². The maximum atomic E-state index is 4.21. The predicted molar refractivity (Wildman–Crippen MR) is 80.2 cm³/mol. The van der Waals surface area contributed by atoms with Crippen LogP contribution >= 0.6 is 12.8 Å². The lowest BCUT2D eigenvalue weighted by molar-refractivity contribution is 0.405. The van der Waals surface area contributed by atoms with Gasteiger partial charge in [0.15, 0.2) is 0 Å². The van der Waals surface area contributed by atoms with Crippen LogP contribution in [0.15, 0.2) is 54.9 Å². The molecule has 1 heterocycles. The third-order valence-corrected chi connectivity index (χ3v) is 3.81. The van der Waals surface area contributed by atoms with Crippen LogP contribution in [0.4, 0.5) is 0 Å². The normalized spacial score (nSPS) is 18.7. The second-order valence-corrected chi connectivity index (χ2v) is 5.02. The Morgan fingerprint density at radius 1 is 1.33 bits per heavy atom. The van der Waals surface area contributed by atoms with Gasteiger partial charge in [-0.2, -0.15) is 0 Å². The van der Waals surface area contributed by atoms with E-state index in [0.717, 1.165) is 31.6 Å². The van der Waals surface area contributed by atoms with E-state index in [0.29, 0.717) is 5.92 Å². The molecule has 0 aromatic heterocycles. The molecule has 0 saturated carbocycles. The van der Waals surface area contributed by atoms with E-state index >= 15 is 0 Å². The largest absolute Gasteiger partial charge is 0.374 e. The van der Waals surface area contributed by atoms with Crippen molar-refractivity contribution in [1.29, 1.82) is 0 Å². The fourth-order valence-corrected chi connectivity index (χ4v) is 2.55. The molecule has 2 rings (SSSR count). The van der Waals surface area contributed by atoms with Gasteiger partial charge in [0.05, 0.1) is 0 Å². The Morgan fingerprint density at radius 2 is 2.06 bits per heavy atom. The minimum atomic E-state index is 0.482. The van der Waals surface area contributed by atoms with E-state index < -0.39 is 0 Å². The van der Waals surface area contributed by atoms with Crippen molar-refractivity contribution < 1.29 is 0 Å². The lowest BCUT2D eigenvalue weighted by Crippen LogP contribution is -2.22. The smallest absolute Gasteiger partial charge is 0.0258 e. The van der Waals surface area contributed by atoms with Gasteiger partial charge in [0.2, 0.25) is 0 Å². The van der Waals surface area contributed by atoms with E-state index in [9.17, 15) is 0 Å². The molecule has 0 bridgehead atoms. The summed E-state index contributed by atoms with van der Waals surface area (Å²) in [5.74, 6) is 0.482. The molecular formula is C15H20N2S. The van der Waals surface area contributed by atoms with Gasteiger partial charge < -0.3 is 9.62 Å². The number of rotatable bonds is 5. The van der Waals surface area contributed by atoms with E-state index in [1.165, 1.54) is 11.3 Å². The van der Waals surface area contributed by atoms with Crippen molar-refractivity contribution in [2.45, 2.75) is 12.8 Å². The second-order valence-electron chi connectivity index (χ2n) is 4.80. The molecule has 0 radical (unpaired) electrons. The molecule has 0 spiro atoms. The zero-order valence-corrected chi connectivity index (χ0v) is 11.5. The molecule has 1 aromatic carbocycles. The summed E-state index contributed by atoms with van der Waals surface area (Å²) in [5, 5.41) is 0. The molecule has 18 heavy (non-hydrogen) atoms. The first-order chi connectivity index (χ1) is 8.70. The molecule has 1 saturated heterocycles. The van der Waals surface area contributed by atoms with E-state index in [4.69, 9.17) is 0 Å². The zero-order chi connectivity index (χ0) is 13.0. The van der Waals surface area contributed by atoms with Crippen molar-refractivity contribution in [3.8, 4) is 0 Å². The summed E-state index contributed by atoms with van der Waals surface area (Å²) in [6.07, 6.45) is 2.05. The average Bonchev–Trinajstić information content (AvgIpc) is 2.88. The lowest BCUT2D eigenvalue weighted by Gasteiger charge is -2.21. The Bertz CT molecular complexity index is 427. The highest BCUT2D eigenvalue weighted by molar-refractivity contribution is 7.78. The lowest BCUT2D eigenvalue weighted by atomic mass is 10.1. The summed E-state index contributed by atoms with van der Waals surface area (Å²) >= 11 is 4.06. The van der Waals surface area contributed by atoms with E-state index in [-0.39, 0.29) is 0 Å². The number of thiol groups is 1. The summed E-state index contributed by atoms with van der Waals surface area (Å²) in [4.78, 5) is 2.36. The molecule has 1 N–H and O–H groups in total. The highest BCUT2D eigenvalue weighted by Gasteiger charge is 2.24. The average molecular weight is 260 g/mol. The van der Waals surface area contributed by atoms with E-state index in [1.807, 2.05) is 6.07 Å². The Morgan fingerprint density at radius 3 is 2.72 bits per heavy atom. The number of nitrogens with one attached hydrogen (secondary N) is 1. The molecule has 1 aromatic rings. The summed E-state index contributed by atoms with van der Waals surface area (Å²) in [6, 6.07) is 10.5.